The van der Waals surface area contributed by atoms with Crippen LogP contribution in [0.2, 0.25) is 5.02 Å². The van der Waals surface area contributed by atoms with Crippen molar-refractivity contribution in [2.75, 3.05) is 25.1 Å². The van der Waals surface area contributed by atoms with Crippen LogP contribution in [0.5, 0.6) is 0 Å². The Morgan fingerprint density at radius 2 is 2.19 bits per heavy atom. The second-order valence-corrected chi connectivity index (χ2v) is 6.32. The quantitative estimate of drug-likeness (QED) is 0.861. The van der Waals surface area contributed by atoms with Crippen LogP contribution in [0.1, 0.15) is 26.7 Å². The molecule has 0 amide bonds. The summed E-state index contributed by atoms with van der Waals surface area (Å²) in [6.07, 6.45) is 2.67. The summed E-state index contributed by atoms with van der Waals surface area (Å²) in [5.41, 5.74) is -0.676. The van der Waals surface area contributed by atoms with Crippen molar-refractivity contribution in [3.8, 4) is 0 Å². The summed E-state index contributed by atoms with van der Waals surface area (Å²) in [5, 5.41) is 17.6. The van der Waals surface area contributed by atoms with E-state index in [-0.39, 0.29) is 10.6 Å². The largest absolute Gasteiger partial charge is 0.388 e. The number of rotatable bonds is 5. The minimum atomic E-state index is -0.825. The molecule has 1 aliphatic heterocycles. The minimum absolute atomic E-state index is 0.112. The van der Waals surface area contributed by atoms with Crippen molar-refractivity contribution in [1.29, 1.82) is 0 Å². The van der Waals surface area contributed by atoms with Crippen LogP contribution in [0.3, 0.4) is 0 Å². The Bertz CT molecular complexity index is 539. The van der Waals surface area contributed by atoms with Crippen LogP contribution in [0.15, 0.2) is 11.0 Å². The van der Waals surface area contributed by atoms with E-state index < -0.39 is 5.60 Å². The van der Waals surface area contributed by atoms with Gasteiger partial charge in [0, 0.05) is 39.1 Å². The highest BCUT2D eigenvalue weighted by atomic mass is 35.5. The first kappa shape index (κ1) is 16.3. The first-order valence-electron chi connectivity index (χ1n) is 7.21. The number of nitrogens with one attached hydrogen (secondary N) is 1. The number of anilines is 1. The predicted molar refractivity (Wildman–Crippen MR) is 81.8 cm³/mol. The van der Waals surface area contributed by atoms with E-state index in [4.69, 9.17) is 16.3 Å². The molecule has 2 N–H and O–H groups in total. The molecule has 118 valence electrons. The number of hydrogen-bond donors (Lipinski definition) is 2. The van der Waals surface area contributed by atoms with E-state index >= 15 is 0 Å². The molecule has 6 nitrogen and oxygen atoms in total. The molecule has 1 fully saturated rings. The molecule has 0 radical (unpaired) electrons. The Balaban J connectivity index is 2.07. The highest BCUT2D eigenvalue weighted by Crippen LogP contribution is 2.23. The van der Waals surface area contributed by atoms with Crippen molar-refractivity contribution >= 4 is 17.3 Å². The topological polar surface area (TPSA) is 76.4 Å². The average molecular weight is 316 g/mol. The van der Waals surface area contributed by atoms with Crippen LogP contribution < -0.4 is 10.9 Å². The Kier molecular flexibility index (Phi) is 5.24. The van der Waals surface area contributed by atoms with Crippen molar-refractivity contribution in [3.05, 3.63) is 21.6 Å². The average Bonchev–Trinajstić information content (AvgIpc) is 2.43. The van der Waals surface area contributed by atoms with Crippen LogP contribution in [-0.4, -0.2) is 40.2 Å². The summed E-state index contributed by atoms with van der Waals surface area (Å²) in [4.78, 5) is 12.1. The molecule has 1 aliphatic rings. The smallest absolute Gasteiger partial charge is 0.287 e. The van der Waals surface area contributed by atoms with E-state index in [0.717, 1.165) is 0 Å². The molecule has 0 unspecified atom stereocenters. The summed E-state index contributed by atoms with van der Waals surface area (Å²) >= 11 is 6.10. The maximum absolute atomic E-state index is 12.1. The van der Waals surface area contributed by atoms with Gasteiger partial charge in [-0.05, 0) is 5.92 Å². The molecule has 0 bridgehead atoms. The molecule has 0 saturated carbocycles. The minimum Gasteiger partial charge on any atom is -0.388 e. The number of halogens is 1. The van der Waals surface area contributed by atoms with Crippen molar-refractivity contribution in [2.45, 2.75) is 38.8 Å². The normalized spacial score (nSPS) is 18.0. The zero-order valence-electron chi connectivity index (χ0n) is 12.4. The van der Waals surface area contributed by atoms with Crippen LogP contribution in [0, 0.1) is 5.92 Å². The molecule has 21 heavy (non-hydrogen) atoms. The van der Waals surface area contributed by atoms with Gasteiger partial charge in [0.2, 0.25) is 0 Å². The summed E-state index contributed by atoms with van der Waals surface area (Å²) in [7, 11) is 0. The summed E-state index contributed by atoms with van der Waals surface area (Å²) in [5.74, 6) is 0.313. The van der Waals surface area contributed by atoms with Gasteiger partial charge in [-0.1, -0.05) is 25.4 Å². The lowest BCUT2D eigenvalue weighted by molar-refractivity contribution is -0.0543. The van der Waals surface area contributed by atoms with E-state index in [1.807, 2.05) is 13.8 Å². The van der Waals surface area contributed by atoms with E-state index in [1.54, 1.807) is 0 Å². The summed E-state index contributed by atoms with van der Waals surface area (Å²) in [6, 6.07) is 0. The Morgan fingerprint density at radius 3 is 2.81 bits per heavy atom. The second-order valence-electron chi connectivity index (χ2n) is 5.94. The van der Waals surface area contributed by atoms with Gasteiger partial charge in [-0.25, -0.2) is 4.68 Å². The molecular formula is C14H22ClN3O3. The monoisotopic (exact) mass is 315 g/mol. The number of nitrogens with zero attached hydrogens (tertiary/aromatic N) is 2. The molecule has 0 atom stereocenters. The third-order valence-electron chi connectivity index (χ3n) is 3.55. The van der Waals surface area contributed by atoms with Gasteiger partial charge in [0.15, 0.2) is 0 Å². The van der Waals surface area contributed by atoms with Gasteiger partial charge >= 0.3 is 0 Å². The maximum Gasteiger partial charge on any atom is 0.287 e. The van der Waals surface area contributed by atoms with Gasteiger partial charge in [0.05, 0.1) is 17.5 Å². The first-order valence-corrected chi connectivity index (χ1v) is 7.59. The standard InChI is InChI=1S/C14H22ClN3O3/c1-10(2)8-18-13(19)12(15)11(7-17-18)16-9-14(20)3-5-21-6-4-14/h7,10,16,20H,3-6,8-9H2,1-2H3. The Labute approximate surface area is 129 Å². The number of aromatic nitrogens is 2. The summed E-state index contributed by atoms with van der Waals surface area (Å²) in [6.45, 7) is 5.95. The lowest BCUT2D eigenvalue weighted by Crippen LogP contribution is -2.42. The molecule has 1 aromatic heterocycles. The van der Waals surface area contributed by atoms with Gasteiger partial charge in [0.1, 0.15) is 5.02 Å². The van der Waals surface area contributed by atoms with E-state index in [1.165, 1.54) is 10.9 Å². The van der Waals surface area contributed by atoms with Crippen molar-refractivity contribution in [3.63, 3.8) is 0 Å². The van der Waals surface area contributed by atoms with Crippen LogP contribution >= 0.6 is 11.6 Å². The van der Waals surface area contributed by atoms with Crippen LogP contribution in [-0.2, 0) is 11.3 Å². The zero-order chi connectivity index (χ0) is 15.5. The number of ether oxygens (including phenoxy) is 1. The number of aliphatic hydroxyl groups is 1. The lowest BCUT2D eigenvalue weighted by atomic mass is 9.94. The first-order chi connectivity index (χ1) is 9.91. The summed E-state index contributed by atoms with van der Waals surface area (Å²) < 4.78 is 6.60. The van der Waals surface area contributed by atoms with Crippen molar-refractivity contribution < 1.29 is 9.84 Å². The molecule has 0 spiro atoms. The van der Waals surface area contributed by atoms with E-state index in [0.29, 0.717) is 50.8 Å². The Morgan fingerprint density at radius 1 is 1.52 bits per heavy atom. The van der Waals surface area contributed by atoms with Crippen molar-refractivity contribution in [2.24, 2.45) is 5.92 Å². The molecule has 2 heterocycles. The molecular weight excluding hydrogens is 294 g/mol. The molecule has 2 rings (SSSR count). The highest BCUT2D eigenvalue weighted by molar-refractivity contribution is 6.32. The fourth-order valence-corrected chi connectivity index (χ4v) is 2.47. The van der Waals surface area contributed by atoms with E-state index in [9.17, 15) is 9.90 Å². The van der Waals surface area contributed by atoms with Gasteiger partial charge in [-0.3, -0.25) is 4.79 Å². The van der Waals surface area contributed by atoms with Crippen LogP contribution in [0.4, 0.5) is 5.69 Å². The molecule has 1 saturated heterocycles. The van der Waals surface area contributed by atoms with Crippen molar-refractivity contribution in [1.82, 2.24) is 9.78 Å². The van der Waals surface area contributed by atoms with Gasteiger partial charge < -0.3 is 15.2 Å². The molecule has 1 aromatic rings. The molecule has 7 heteroatoms. The van der Waals surface area contributed by atoms with Gasteiger partial charge in [-0.15, -0.1) is 0 Å². The fraction of sp³-hybridized carbons (Fsp3) is 0.714. The maximum atomic E-state index is 12.1. The predicted octanol–water partition coefficient (Wildman–Crippen LogP) is 1.51. The zero-order valence-corrected chi connectivity index (χ0v) is 13.2. The van der Waals surface area contributed by atoms with Gasteiger partial charge in [0.25, 0.3) is 5.56 Å². The third-order valence-corrected chi connectivity index (χ3v) is 3.92. The van der Waals surface area contributed by atoms with E-state index in [2.05, 4.69) is 10.4 Å². The van der Waals surface area contributed by atoms with Gasteiger partial charge in [-0.2, -0.15) is 5.10 Å². The molecule has 0 aromatic carbocycles. The second kappa shape index (κ2) is 6.77. The fourth-order valence-electron chi connectivity index (χ4n) is 2.25. The highest BCUT2D eigenvalue weighted by Gasteiger charge is 2.29. The lowest BCUT2D eigenvalue weighted by Gasteiger charge is -2.32. The third kappa shape index (κ3) is 4.18. The molecule has 0 aliphatic carbocycles. The Hall–Kier alpha value is -1.11. The van der Waals surface area contributed by atoms with Crippen LogP contribution in [0.25, 0.3) is 0 Å². The SMILES string of the molecule is CC(C)Cn1ncc(NCC2(O)CCOCC2)c(Cl)c1=O. The number of hydrogen-bond acceptors (Lipinski definition) is 5.